The maximum absolute atomic E-state index is 12.4. The summed E-state index contributed by atoms with van der Waals surface area (Å²) in [4.78, 5) is 27.5. The molecule has 0 amide bonds. The van der Waals surface area contributed by atoms with Crippen molar-refractivity contribution < 1.29 is 9.53 Å². The normalized spacial score (nSPS) is 12.1. The maximum Gasteiger partial charge on any atom is 0.338 e. The number of ether oxygens (including phenoxy) is 1. The highest BCUT2D eigenvalue weighted by Gasteiger charge is 2.15. The SMILES string of the molecule is CC(OC(=O)c1ccc2c(=O)n(C)c(=S)[nH]c2c1)c1ccc(Cl)cc1. The van der Waals surface area contributed by atoms with Crippen molar-refractivity contribution in [3.63, 3.8) is 0 Å². The predicted octanol–water partition coefficient (Wildman–Crippen LogP) is 4.17. The number of hydrogen-bond acceptors (Lipinski definition) is 4. The summed E-state index contributed by atoms with van der Waals surface area (Å²) in [6.45, 7) is 1.78. The van der Waals surface area contributed by atoms with Crippen LogP contribution >= 0.6 is 23.8 Å². The van der Waals surface area contributed by atoms with E-state index in [9.17, 15) is 9.59 Å². The van der Waals surface area contributed by atoms with Gasteiger partial charge in [-0.1, -0.05) is 23.7 Å². The van der Waals surface area contributed by atoms with E-state index < -0.39 is 12.1 Å². The first-order chi connectivity index (χ1) is 11.9. The number of nitrogens with one attached hydrogen (secondary N) is 1. The molecule has 0 saturated carbocycles. The van der Waals surface area contributed by atoms with Crippen LogP contribution in [0, 0.1) is 4.77 Å². The van der Waals surface area contributed by atoms with Crippen molar-refractivity contribution in [3.05, 3.63) is 73.7 Å². The van der Waals surface area contributed by atoms with Crippen LogP contribution in [0.1, 0.15) is 28.9 Å². The van der Waals surface area contributed by atoms with Gasteiger partial charge in [0.15, 0.2) is 4.77 Å². The molecule has 1 N–H and O–H groups in total. The molecule has 3 aromatic rings. The minimum absolute atomic E-state index is 0.215. The van der Waals surface area contributed by atoms with E-state index in [4.69, 9.17) is 28.6 Å². The molecule has 0 radical (unpaired) electrons. The van der Waals surface area contributed by atoms with E-state index in [0.717, 1.165) is 5.56 Å². The van der Waals surface area contributed by atoms with Gasteiger partial charge < -0.3 is 9.72 Å². The number of aromatic nitrogens is 2. The minimum atomic E-state index is -0.482. The molecule has 0 aliphatic carbocycles. The van der Waals surface area contributed by atoms with Gasteiger partial charge >= 0.3 is 5.97 Å². The standard InChI is InChI=1S/C18H15ClN2O3S/c1-10(11-3-6-13(19)7-4-11)24-17(23)12-5-8-14-15(9-12)20-18(25)21(2)16(14)22/h3-10H,1-2H3,(H,20,25). The number of nitrogens with zero attached hydrogens (tertiary/aromatic N) is 1. The Balaban J connectivity index is 1.89. The minimum Gasteiger partial charge on any atom is -0.454 e. The summed E-state index contributed by atoms with van der Waals surface area (Å²) in [6.07, 6.45) is -0.428. The molecular weight excluding hydrogens is 360 g/mol. The van der Waals surface area contributed by atoms with Crippen LogP contribution in [-0.2, 0) is 11.8 Å². The summed E-state index contributed by atoms with van der Waals surface area (Å²) < 4.78 is 7.13. The number of aromatic amines is 1. The fourth-order valence-electron chi connectivity index (χ4n) is 2.46. The van der Waals surface area contributed by atoms with Crippen molar-refractivity contribution in [1.82, 2.24) is 9.55 Å². The molecule has 1 atom stereocenters. The van der Waals surface area contributed by atoms with Crippen molar-refractivity contribution in [2.24, 2.45) is 7.05 Å². The van der Waals surface area contributed by atoms with Gasteiger partial charge in [-0.25, -0.2) is 4.79 Å². The van der Waals surface area contributed by atoms with Crippen molar-refractivity contribution in [3.8, 4) is 0 Å². The lowest BCUT2D eigenvalue weighted by molar-refractivity contribution is 0.0338. The number of hydrogen-bond donors (Lipinski definition) is 1. The second-order valence-corrected chi connectivity index (χ2v) is 6.48. The van der Waals surface area contributed by atoms with Gasteiger partial charge in [-0.3, -0.25) is 9.36 Å². The number of halogens is 1. The Morgan fingerprint density at radius 1 is 1.24 bits per heavy atom. The molecule has 3 rings (SSSR count). The lowest BCUT2D eigenvalue weighted by Crippen LogP contribution is -2.19. The molecule has 0 bridgehead atoms. The third kappa shape index (κ3) is 3.50. The smallest absolute Gasteiger partial charge is 0.338 e. The molecule has 25 heavy (non-hydrogen) atoms. The van der Waals surface area contributed by atoms with Crippen LogP contribution in [0.4, 0.5) is 0 Å². The molecule has 1 aromatic heterocycles. The van der Waals surface area contributed by atoms with Crippen molar-refractivity contribution in [2.45, 2.75) is 13.0 Å². The number of carbonyl (C=O) groups is 1. The van der Waals surface area contributed by atoms with Gasteiger partial charge in [0, 0.05) is 12.1 Å². The molecule has 0 aliphatic heterocycles. The van der Waals surface area contributed by atoms with Crippen LogP contribution in [0.25, 0.3) is 10.9 Å². The van der Waals surface area contributed by atoms with E-state index in [1.807, 2.05) is 12.1 Å². The zero-order valence-corrected chi connectivity index (χ0v) is 15.1. The quantitative estimate of drug-likeness (QED) is 0.552. The third-order valence-electron chi connectivity index (χ3n) is 3.96. The van der Waals surface area contributed by atoms with Crippen molar-refractivity contribution in [2.75, 3.05) is 0 Å². The topological polar surface area (TPSA) is 64.1 Å². The zero-order valence-electron chi connectivity index (χ0n) is 13.6. The molecule has 0 spiro atoms. The summed E-state index contributed by atoms with van der Waals surface area (Å²) in [5, 5.41) is 1.08. The van der Waals surface area contributed by atoms with E-state index in [1.165, 1.54) is 4.57 Å². The number of fused-ring (bicyclic) bond motifs is 1. The number of H-pyrrole nitrogens is 1. The van der Waals surface area contributed by atoms with Crippen molar-refractivity contribution in [1.29, 1.82) is 0 Å². The second kappa shape index (κ2) is 6.82. The van der Waals surface area contributed by atoms with Gasteiger partial charge in [-0.2, -0.15) is 0 Å². The Morgan fingerprint density at radius 3 is 2.60 bits per heavy atom. The van der Waals surface area contributed by atoms with Crippen LogP contribution in [0.5, 0.6) is 0 Å². The van der Waals surface area contributed by atoms with E-state index in [2.05, 4.69) is 4.98 Å². The molecule has 0 aliphatic rings. The second-order valence-electron chi connectivity index (χ2n) is 5.65. The highest BCUT2D eigenvalue weighted by Crippen LogP contribution is 2.21. The molecular formula is C18H15ClN2O3S. The number of benzene rings is 2. The molecule has 1 heterocycles. The third-order valence-corrected chi connectivity index (χ3v) is 4.59. The molecule has 5 nitrogen and oxygen atoms in total. The van der Waals surface area contributed by atoms with Crippen molar-refractivity contribution >= 4 is 40.7 Å². The van der Waals surface area contributed by atoms with Crippen LogP contribution in [0.2, 0.25) is 5.02 Å². The summed E-state index contributed by atoms with van der Waals surface area (Å²) in [6, 6.07) is 11.8. The molecule has 0 fully saturated rings. The first-order valence-corrected chi connectivity index (χ1v) is 8.35. The first kappa shape index (κ1) is 17.4. The summed E-state index contributed by atoms with van der Waals surface area (Å²) in [7, 11) is 1.59. The fourth-order valence-corrected chi connectivity index (χ4v) is 2.78. The Hall–Kier alpha value is -2.44. The predicted molar refractivity (Wildman–Crippen MR) is 99.7 cm³/mol. The Kier molecular flexibility index (Phi) is 4.74. The zero-order chi connectivity index (χ0) is 18.1. The Bertz CT molecular complexity index is 1070. The van der Waals surface area contributed by atoms with Gasteiger partial charge in [-0.15, -0.1) is 0 Å². The number of rotatable bonds is 3. The molecule has 7 heteroatoms. The number of esters is 1. The maximum atomic E-state index is 12.4. The Labute approximate surface area is 153 Å². The van der Waals surface area contributed by atoms with Crippen LogP contribution in [-0.4, -0.2) is 15.5 Å². The van der Waals surface area contributed by atoms with Gasteiger partial charge in [0.25, 0.3) is 5.56 Å². The highest BCUT2D eigenvalue weighted by atomic mass is 35.5. The van der Waals surface area contributed by atoms with Gasteiger partial charge in [0.05, 0.1) is 16.5 Å². The van der Waals surface area contributed by atoms with Crippen LogP contribution in [0.3, 0.4) is 0 Å². The highest BCUT2D eigenvalue weighted by molar-refractivity contribution is 7.71. The largest absolute Gasteiger partial charge is 0.454 e. The van der Waals surface area contributed by atoms with Crippen LogP contribution < -0.4 is 5.56 Å². The van der Waals surface area contributed by atoms with E-state index in [0.29, 0.717) is 21.5 Å². The van der Waals surface area contributed by atoms with Gasteiger partial charge in [-0.05, 0) is 55.0 Å². The molecule has 1 unspecified atom stereocenters. The lowest BCUT2D eigenvalue weighted by atomic mass is 10.1. The van der Waals surface area contributed by atoms with Gasteiger partial charge in [0.1, 0.15) is 6.10 Å². The summed E-state index contributed by atoms with van der Waals surface area (Å²) in [5.41, 5.74) is 1.47. The molecule has 2 aromatic carbocycles. The van der Waals surface area contributed by atoms with Gasteiger partial charge in [0.2, 0.25) is 0 Å². The first-order valence-electron chi connectivity index (χ1n) is 7.56. The van der Waals surface area contributed by atoms with E-state index >= 15 is 0 Å². The average molecular weight is 375 g/mol. The fraction of sp³-hybridized carbons (Fsp3) is 0.167. The molecule has 0 saturated heterocycles. The average Bonchev–Trinajstić information content (AvgIpc) is 2.59. The molecule has 128 valence electrons. The Morgan fingerprint density at radius 2 is 1.92 bits per heavy atom. The van der Waals surface area contributed by atoms with E-state index in [1.54, 1.807) is 44.3 Å². The van der Waals surface area contributed by atoms with E-state index in [-0.39, 0.29) is 10.3 Å². The number of carbonyl (C=O) groups excluding carboxylic acids is 1. The summed E-state index contributed by atoms with van der Waals surface area (Å²) >= 11 is 11.0. The lowest BCUT2D eigenvalue weighted by Gasteiger charge is -2.14. The van der Waals surface area contributed by atoms with Crippen LogP contribution in [0.15, 0.2) is 47.3 Å². The summed E-state index contributed by atoms with van der Waals surface area (Å²) in [5.74, 6) is -0.482. The monoisotopic (exact) mass is 374 g/mol.